The van der Waals surface area contributed by atoms with E-state index >= 15 is 0 Å². The number of aliphatic hydroxyl groups is 2. The van der Waals surface area contributed by atoms with Crippen LogP contribution in [0.3, 0.4) is 0 Å². The number of nitrogens with zero attached hydrogens (tertiary/aromatic N) is 1. The maximum Gasteiger partial charge on any atom is 0.306 e. The van der Waals surface area contributed by atoms with Gasteiger partial charge in [0.25, 0.3) is 0 Å². The van der Waals surface area contributed by atoms with Gasteiger partial charge in [0.05, 0.1) is 24.3 Å². The molecule has 2 fully saturated rings. The number of carboxylic acid groups (broad SMARTS) is 1. The van der Waals surface area contributed by atoms with Gasteiger partial charge in [-0.05, 0) is 44.4 Å². The van der Waals surface area contributed by atoms with Gasteiger partial charge in [0.1, 0.15) is 6.61 Å². The van der Waals surface area contributed by atoms with Crippen LogP contribution in [0.25, 0.3) is 0 Å². The number of hydrogen-bond acceptors (Lipinski definition) is 5. The number of carboxylic acids is 1. The maximum absolute atomic E-state index is 10.3. The summed E-state index contributed by atoms with van der Waals surface area (Å²) in [6.45, 7) is 1.85. The Kier molecular flexibility index (Phi) is 4.99. The van der Waals surface area contributed by atoms with Crippen LogP contribution in [0.1, 0.15) is 39.0 Å². The van der Waals surface area contributed by atoms with Crippen LogP contribution in [0.2, 0.25) is 0 Å². The van der Waals surface area contributed by atoms with Gasteiger partial charge in [0.2, 0.25) is 0 Å². The molecule has 0 aromatic heterocycles. The Morgan fingerprint density at radius 3 is 2.95 bits per heavy atom. The Balaban J connectivity index is 1.77. The quantitative estimate of drug-likeness (QED) is 0.479. The first kappa shape index (κ1) is 15.3. The lowest BCUT2D eigenvalue weighted by Gasteiger charge is -2.33. The maximum atomic E-state index is 10.3. The minimum absolute atomic E-state index is 0.0511. The van der Waals surface area contributed by atoms with Gasteiger partial charge in [-0.2, -0.15) is 0 Å². The topological polar surface area (TPSA) is 99.4 Å². The van der Waals surface area contributed by atoms with Gasteiger partial charge < -0.3 is 20.2 Å². The molecule has 5 atom stereocenters. The zero-order valence-electron chi connectivity index (χ0n) is 11.7. The summed E-state index contributed by atoms with van der Waals surface area (Å²) >= 11 is 0. The Morgan fingerprint density at radius 1 is 1.55 bits per heavy atom. The molecular weight excluding hydrogens is 262 g/mol. The summed E-state index contributed by atoms with van der Waals surface area (Å²) in [5, 5.41) is 32.0. The largest absolute Gasteiger partial charge is 0.481 e. The number of aliphatic hydroxyl groups excluding tert-OH is 2. The normalized spacial score (nSPS) is 35.5. The van der Waals surface area contributed by atoms with Crippen molar-refractivity contribution in [3.63, 3.8) is 0 Å². The van der Waals surface area contributed by atoms with Gasteiger partial charge in [-0.3, -0.25) is 4.79 Å². The van der Waals surface area contributed by atoms with Crippen molar-refractivity contribution in [1.29, 1.82) is 0 Å². The van der Waals surface area contributed by atoms with Gasteiger partial charge in [0, 0.05) is 5.92 Å². The molecule has 114 valence electrons. The fourth-order valence-corrected chi connectivity index (χ4v) is 3.22. The first-order chi connectivity index (χ1) is 9.49. The monoisotopic (exact) mass is 285 g/mol. The molecule has 3 N–H and O–H groups in total. The summed E-state index contributed by atoms with van der Waals surface area (Å²) in [5.41, 5.74) is 0.944. The number of carbonyl (C=O) groups is 1. The number of aliphatic carboxylic acids is 1. The molecule has 6 nitrogen and oxygen atoms in total. The summed E-state index contributed by atoms with van der Waals surface area (Å²) in [6.07, 6.45) is 2.49. The van der Waals surface area contributed by atoms with E-state index in [0.29, 0.717) is 6.42 Å². The van der Waals surface area contributed by atoms with Crippen molar-refractivity contribution in [3.05, 3.63) is 0 Å². The van der Waals surface area contributed by atoms with Crippen LogP contribution in [-0.4, -0.2) is 45.8 Å². The van der Waals surface area contributed by atoms with E-state index in [4.69, 9.17) is 9.94 Å². The molecule has 2 aliphatic carbocycles. The second kappa shape index (κ2) is 6.54. The highest BCUT2D eigenvalue weighted by atomic mass is 16.6. The van der Waals surface area contributed by atoms with Crippen LogP contribution >= 0.6 is 0 Å². The predicted molar refractivity (Wildman–Crippen MR) is 72.3 cm³/mol. The molecule has 6 heteroatoms. The lowest BCUT2D eigenvalue weighted by molar-refractivity contribution is -0.138. The summed E-state index contributed by atoms with van der Waals surface area (Å²) in [7, 11) is 0. The summed E-state index contributed by atoms with van der Waals surface area (Å²) < 4.78 is 0. The molecule has 2 saturated carbocycles. The Hall–Kier alpha value is -1.14. The lowest BCUT2D eigenvalue weighted by atomic mass is 9.73. The molecule has 0 amide bonds. The molecule has 0 aromatic carbocycles. The predicted octanol–water partition coefficient (Wildman–Crippen LogP) is 1.01. The third kappa shape index (κ3) is 3.49. The minimum Gasteiger partial charge on any atom is -0.481 e. The molecule has 0 heterocycles. The van der Waals surface area contributed by atoms with Crippen LogP contribution in [0.15, 0.2) is 5.16 Å². The van der Waals surface area contributed by atoms with Crippen LogP contribution in [-0.2, 0) is 9.63 Å². The number of hydrogen-bond donors (Lipinski definition) is 3. The highest BCUT2D eigenvalue weighted by Crippen LogP contribution is 2.49. The van der Waals surface area contributed by atoms with Crippen LogP contribution in [0, 0.1) is 17.8 Å². The molecule has 20 heavy (non-hydrogen) atoms. The van der Waals surface area contributed by atoms with Crippen molar-refractivity contribution in [2.45, 2.75) is 51.2 Å². The number of oxime groups is 1. The standard InChI is InChI=1S/C14H23NO5/c1-8(16)2-3-9-6-10-11(14(9)19)7-12(10)15-20-5-4-13(17)18/h8-11,14,16,19H,2-7H2,1H3,(H,17,18). The van der Waals surface area contributed by atoms with Gasteiger partial charge in [-0.15, -0.1) is 0 Å². The van der Waals surface area contributed by atoms with Gasteiger partial charge in [-0.25, -0.2) is 0 Å². The third-order valence-corrected chi connectivity index (χ3v) is 4.41. The van der Waals surface area contributed by atoms with Crippen molar-refractivity contribution in [1.82, 2.24) is 0 Å². The van der Waals surface area contributed by atoms with Gasteiger partial charge in [-0.1, -0.05) is 5.16 Å². The van der Waals surface area contributed by atoms with E-state index in [-0.39, 0.29) is 43.0 Å². The van der Waals surface area contributed by atoms with E-state index in [1.54, 1.807) is 6.92 Å². The molecule has 0 bridgehead atoms. The Labute approximate surface area is 118 Å². The van der Waals surface area contributed by atoms with Crippen molar-refractivity contribution < 1.29 is 25.0 Å². The van der Waals surface area contributed by atoms with Crippen LogP contribution in [0.4, 0.5) is 0 Å². The minimum atomic E-state index is -0.897. The van der Waals surface area contributed by atoms with E-state index in [1.165, 1.54) is 0 Å². The zero-order chi connectivity index (χ0) is 14.7. The molecule has 0 saturated heterocycles. The second-order valence-electron chi connectivity index (χ2n) is 5.95. The highest BCUT2D eigenvalue weighted by molar-refractivity contribution is 5.93. The Morgan fingerprint density at radius 2 is 2.30 bits per heavy atom. The average molecular weight is 285 g/mol. The third-order valence-electron chi connectivity index (χ3n) is 4.41. The Bertz CT molecular complexity index is 382. The zero-order valence-corrected chi connectivity index (χ0v) is 11.7. The summed E-state index contributed by atoms with van der Waals surface area (Å²) in [5.74, 6) is -0.137. The van der Waals surface area contributed by atoms with Crippen molar-refractivity contribution in [2.24, 2.45) is 22.9 Å². The smallest absolute Gasteiger partial charge is 0.306 e. The fraction of sp³-hybridized carbons (Fsp3) is 0.857. The molecule has 2 rings (SSSR count). The lowest BCUT2D eigenvalue weighted by Crippen LogP contribution is -2.38. The van der Waals surface area contributed by atoms with E-state index in [1.807, 2.05) is 0 Å². The van der Waals surface area contributed by atoms with Gasteiger partial charge in [0.15, 0.2) is 0 Å². The molecular formula is C14H23NO5. The second-order valence-corrected chi connectivity index (χ2v) is 5.95. The van der Waals surface area contributed by atoms with Crippen LogP contribution < -0.4 is 0 Å². The highest BCUT2D eigenvalue weighted by Gasteiger charge is 2.51. The van der Waals surface area contributed by atoms with Crippen LogP contribution in [0.5, 0.6) is 0 Å². The van der Waals surface area contributed by atoms with Gasteiger partial charge >= 0.3 is 5.97 Å². The molecule has 0 radical (unpaired) electrons. The number of fused-ring (bicyclic) bond motifs is 1. The summed E-state index contributed by atoms with van der Waals surface area (Å²) in [6, 6.07) is 0. The van der Waals surface area contributed by atoms with E-state index < -0.39 is 5.97 Å². The van der Waals surface area contributed by atoms with Crippen molar-refractivity contribution in [2.75, 3.05) is 6.61 Å². The molecule has 0 aliphatic heterocycles. The van der Waals surface area contributed by atoms with Crippen molar-refractivity contribution >= 4 is 11.7 Å². The SMILES string of the molecule is CC(O)CCC1CC2C(=NOCCC(=O)O)CC2C1O. The van der Waals surface area contributed by atoms with E-state index in [2.05, 4.69) is 5.16 Å². The molecule has 0 spiro atoms. The number of rotatable bonds is 7. The molecule has 0 aromatic rings. The van der Waals surface area contributed by atoms with Crippen molar-refractivity contribution in [3.8, 4) is 0 Å². The summed E-state index contributed by atoms with van der Waals surface area (Å²) in [4.78, 5) is 15.4. The molecule has 5 unspecified atom stereocenters. The first-order valence-electron chi connectivity index (χ1n) is 7.25. The average Bonchev–Trinajstić information content (AvgIpc) is 2.58. The fourth-order valence-electron chi connectivity index (χ4n) is 3.22. The van der Waals surface area contributed by atoms with E-state index in [0.717, 1.165) is 25.0 Å². The van der Waals surface area contributed by atoms with E-state index in [9.17, 15) is 15.0 Å². The molecule has 2 aliphatic rings. The first-order valence-corrected chi connectivity index (χ1v) is 7.25.